The molecule has 0 saturated carbocycles. The van der Waals surface area contributed by atoms with Crippen molar-refractivity contribution in [2.45, 2.75) is 6.92 Å². The van der Waals surface area contributed by atoms with Gasteiger partial charge >= 0.3 is 0 Å². The van der Waals surface area contributed by atoms with Crippen molar-refractivity contribution in [3.05, 3.63) is 23.8 Å². The monoisotopic (exact) mass is 288 g/mol. The van der Waals surface area contributed by atoms with Gasteiger partial charge in [0.05, 0.1) is 7.11 Å². The zero-order chi connectivity index (χ0) is 14.8. The quantitative estimate of drug-likeness (QED) is 0.858. The van der Waals surface area contributed by atoms with Crippen LogP contribution in [0.15, 0.2) is 22.7 Å². The molecule has 0 bridgehead atoms. The summed E-state index contributed by atoms with van der Waals surface area (Å²) in [7, 11) is 3.78. The predicted molar refractivity (Wildman–Crippen MR) is 80.7 cm³/mol. The average molecular weight is 288 g/mol. The molecular weight excluding hydrogens is 268 g/mol. The maximum Gasteiger partial charge on any atom is 0.266 e. The molecule has 112 valence electrons. The van der Waals surface area contributed by atoms with Crippen LogP contribution in [0, 0.1) is 6.92 Å². The maximum atomic E-state index is 5.40. The Morgan fingerprint density at radius 2 is 1.95 bits per heavy atom. The number of rotatable bonds is 3. The average Bonchev–Trinajstić information content (AvgIpc) is 2.98. The van der Waals surface area contributed by atoms with Gasteiger partial charge in [-0.15, -0.1) is 0 Å². The fourth-order valence-corrected chi connectivity index (χ4v) is 2.42. The molecule has 0 amide bonds. The number of anilines is 1. The second kappa shape index (κ2) is 5.73. The SMILES string of the molecule is COc1cc(-c2nc(N3CCN(C)CC3)no2)ccc1C. The molecule has 0 aliphatic carbocycles. The van der Waals surface area contributed by atoms with Crippen LogP contribution in [0.1, 0.15) is 5.56 Å². The van der Waals surface area contributed by atoms with Crippen molar-refractivity contribution in [1.82, 2.24) is 15.0 Å². The zero-order valence-electron chi connectivity index (χ0n) is 12.7. The highest BCUT2D eigenvalue weighted by Crippen LogP contribution is 2.27. The number of hydrogen-bond acceptors (Lipinski definition) is 6. The van der Waals surface area contributed by atoms with E-state index in [-0.39, 0.29) is 0 Å². The van der Waals surface area contributed by atoms with Crippen LogP contribution in [-0.4, -0.2) is 55.4 Å². The van der Waals surface area contributed by atoms with E-state index >= 15 is 0 Å². The van der Waals surface area contributed by atoms with Crippen LogP contribution >= 0.6 is 0 Å². The van der Waals surface area contributed by atoms with Crippen LogP contribution in [-0.2, 0) is 0 Å². The minimum Gasteiger partial charge on any atom is -0.496 e. The highest BCUT2D eigenvalue weighted by Gasteiger charge is 2.19. The van der Waals surface area contributed by atoms with Gasteiger partial charge in [-0.05, 0) is 36.8 Å². The van der Waals surface area contributed by atoms with E-state index < -0.39 is 0 Å². The van der Waals surface area contributed by atoms with Crippen molar-refractivity contribution in [2.24, 2.45) is 0 Å². The first kappa shape index (κ1) is 13.9. The summed E-state index contributed by atoms with van der Waals surface area (Å²) in [6, 6.07) is 5.89. The predicted octanol–water partition coefficient (Wildman–Crippen LogP) is 1.81. The van der Waals surface area contributed by atoms with E-state index in [4.69, 9.17) is 9.26 Å². The van der Waals surface area contributed by atoms with E-state index in [1.165, 1.54) is 0 Å². The number of piperazine rings is 1. The Morgan fingerprint density at radius 3 is 2.67 bits per heavy atom. The lowest BCUT2D eigenvalue weighted by Crippen LogP contribution is -2.44. The lowest BCUT2D eigenvalue weighted by atomic mass is 10.1. The topological polar surface area (TPSA) is 54.6 Å². The molecule has 0 radical (unpaired) electrons. The van der Waals surface area contributed by atoms with Crippen LogP contribution in [0.3, 0.4) is 0 Å². The van der Waals surface area contributed by atoms with Crippen molar-refractivity contribution in [3.63, 3.8) is 0 Å². The molecule has 21 heavy (non-hydrogen) atoms. The Labute approximate surface area is 124 Å². The molecule has 1 aromatic heterocycles. The maximum absolute atomic E-state index is 5.40. The van der Waals surface area contributed by atoms with E-state index in [0.717, 1.165) is 43.1 Å². The minimum absolute atomic E-state index is 0.530. The first-order valence-electron chi connectivity index (χ1n) is 7.09. The summed E-state index contributed by atoms with van der Waals surface area (Å²) >= 11 is 0. The second-order valence-corrected chi connectivity index (χ2v) is 5.37. The van der Waals surface area contributed by atoms with E-state index in [0.29, 0.717) is 11.8 Å². The van der Waals surface area contributed by atoms with Crippen molar-refractivity contribution >= 4 is 5.95 Å². The molecule has 2 heterocycles. The van der Waals surface area contributed by atoms with Crippen molar-refractivity contribution in [2.75, 3.05) is 45.2 Å². The van der Waals surface area contributed by atoms with Crippen molar-refractivity contribution in [3.8, 4) is 17.2 Å². The Balaban J connectivity index is 1.81. The van der Waals surface area contributed by atoms with Crippen LogP contribution in [0.25, 0.3) is 11.5 Å². The molecule has 1 aliphatic rings. The molecular formula is C15H20N4O2. The van der Waals surface area contributed by atoms with Gasteiger partial charge in [-0.2, -0.15) is 4.98 Å². The largest absolute Gasteiger partial charge is 0.496 e. The van der Waals surface area contributed by atoms with Gasteiger partial charge < -0.3 is 19.1 Å². The summed E-state index contributed by atoms with van der Waals surface area (Å²) in [4.78, 5) is 8.95. The molecule has 0 N–H and O–H groups in total. The summed E-state index contributed by atoms with van der Waals surface area (Å²) in [6.45, 7) is 5.88. The minimum atomic E-state index is 0.530. The van der Waals surface area contributed by atoms with Crippen molar-refractivity contribution < 1.29 is 9.26 Å². The van der Waals surface area contributed by atoms with Gasteiger partial charge in [-0.3, -0.25) is 0 Å². The Morgan fingerprint density at radius 1 is 1.19 bits per heavy atom. The summed E-state index contributed by atoms with van der Waals surface area (Å²) in [5, 5.41) is 4.10. The number of ether oxygens (including phenoxy) is 1. The van der Waals surface area contributed by atoms with Gasteiger partial charge in [-0.25, -0.2) is 0 Å². The second-order valence-electron chi connectivity index (χ2n) is 5.37. The van der Waals surface area contributed by atoms with E-state index in [2.05, 4.69) is 27.0 Å². The number of benzene rings is 1. The molecule has 3 rings (SSSR count). The first-order chi connectivity index (χ1) is 10.2. The fourth-order valence-electron chi connectivity index (χ4n) is 2.42. The van der Waals surface area contributed by atoms with Gasteiger partial charge in [0.2, 0.25) is 0 Å². The summed E-state index contributed by atoms with van der Waals surface area (Å²) in [5.41, 5.74) is 1.96. The third-order valence-electron chi connectivity index (χ3n) is 3.86. The Hall–Kier alpha value is -2.08. The highest BCUT2D eigenvalue weighted by molar-refractivity contribution is 5.58. The lowest BCUT2D eigenvalue weighted by Gasteiger charge is -2.31. The Kier molecular flexibility index (Phi) is 3.79. The molecule has 0 unspecified atom stereocenters. The Bertz CT molecular complexity index is 618. The number of aromatic nitrogens is 2. The number of methoxy groups -OCH3 is 1. The van der Waals surface area contributed by atoms with Gasteiger partial charge in [-0.1, -0.05) is 6.07 Å². The summed E-state index contributed by atoms with van der Waals surface area (Å²) in [6.07, 6.45) is 0. The molecule has 1 aromatic carbocycles. The molecule has 0 atom stereocenters. The molecule has 1 aliphatic heterocycles. The van der Waals surface area contributed by atoms with Gasteiger partial charge in [0.25, 0.3) is 11.8 Å². The zero-order valence-corrected chi connectivity index (χ0v) is 12.7. The third-order valence-corrected chi connectivity index (χ3v) is 3.86. The summed E-state index contributed by atoms with van der Waals surface area (Å²) in [5.74, 6) is 2.02. The first-order valence-corrected chi connectivity index (χ1v) is 7.09. The molecule has 0 spiro atoms. The number of likely N-dealkylation sites (N-methyl/N-ethyl adjacent to an activating group) is 1. The van der Waals surface area contributed by atoms with Crippen LogP contribution < -0.4 is 9.64 Å². The molecule has 1 fully saturated rings. The molecule has 6 nitrogen and oxygen atoms in total. The third kappa shape index (κ3) is 2.85. The van der Waals surface area contributed by atoms with Gasteiger partial charge in [0, 0.05) is 31.7 Å². The fraction of sp³-hybridized carbons (Fsp3) is 0.467. The number of hydrogen-bond donors (Lipinski definition) is 0. The van der Waals surface area contributed by atoms with E-state index in [9.17, 15) is 0 Å². The smallest absolute Gasteiger partial charge is 0.266 e. The van der Waals surface area contributed by atoms with Crippen LogP contribution in [0.2, 0.25) is 0 Å². The van der Waals surface area contributed by atoms with E-state index in [1.807, 2.05) is 25.1 Å². The van der Waals surface area contributed by atoms with Gasteiger partial charge in [0.15, 0.2) is 0 Å². The van der Waals surface area contributed by atoms with E-state index in [1.54, 1.807) is 7.11 Å². The van der Waals surface area contributed by atoms with Crippen molar-refractivity contribution in [1.29, 1.82) is 0 Å². The number of aryl methyl sites for hydroxylation is 1. The highest BCUT2D eigenvalue weighted by atomic mass is 16.5. The normalized spacial score (nSPS) is 16.2. The summed E-state index contributed by atoms with van der Waals surface area (Å²) < 4.78 is 10.7. The molecule has 6 heteroatoms. The number of nitrogens with zero attached hydrogens (tertiary/aromatic N) is 4. The van der Waals surface area contributed by atoms with Gasteiger partial charge in [0.1, 0.15) is 5.75 Å². The van der Waals surface area contributed by atoms with Crippen LogP contribution in [0.5, 0.6) is 5.75 Å². The molecule has 1 saturated heterocycles. The molecule has 2 aromatic rings. The standard InChI is InChI=1S/C15H20N4O2/c1-11-4-5-12(10-13(11)20-3)14-16-15(17-21-14)19-8-6-18(2)7-9-19/h4-5,10H,6-9H2,1-3H3. The van der Waals surface area contributed by atoms with Crippen LogP contribution in [0.4, 0.5) is 5.95 Å². The lowest BCUT2D eigenvalue weighted by molar-refractivity contribution is 0.309.